The number of nitrogens with one attached hydrogen (secondary N) is 1. The second-order valence-electron chi connectivity index (χ2n) is 9.23. The van der Waals surface area contributed by atoms with Crippen molar-refractivity contribution in [3.8, 4) is 0 Å². The average molecular weight is 559 g/mol. The second-order valence-corrected chi connectivity index (χ2v) is 12.0. The standard InChI is InChI=1S/C23H28Cl2N4O6S/c1-15(22(31)26-23(2,3)4)27(13-16-9-10-19(24)20(25)11-16)21(30)14-28(36(5,34)35)17-7-6-8-18(12-17)29(32)33/h6-12,15H,13-14H2,1-5H3,(H,26,31)/t15-/m0/s1. The molecule has 0 aliphatic heterocycles. The molecule has 0 radical (unpaired) electrons. The van der Waals surface area contributed by atoms with E-state index in [0.717, 1.165) is 16.6 Å². The Balaban J connectivity index is 2.47. The van der Waals surface area contributed by atoms with Gasteiger partial charge in [-0.3, -0.25) is 24.0 Å². The van der Waals surface area contributed by atoms with Crippen LogP contribution in [0.5, 0.6) is 0 Å². The molecule has 0 aromatic heterocycles. The van der Waals surface area contributed by atoms with Gasteiger partial charge < -0.3 is 10.2 Å². The van der Waals surface area contributed by atoms with Gasteiger partial charge in [0, 0.05) is 24.2 Å². The Kier molecular flexibility index (Phi) is 9.33. The summed E-state index contributed by atoms with van der Waals surface area (Å²) in [7, 11) is -4.02. The molecule has 2 aromatic rings. The fourth-order valence-electron chi connectivity index (χ4n) is 3.27. The number of nitro groups is 1. The molecule has 0 aliphatic carbocycles. The molecule has 36 heavy (non-hydrogen) atoms. The molecule has 0 saturated carbocycles. The maximum atomic E-state index is 13.5. The Morgan fingerprint density at radius 2 is 1.75 bits per heavy atom. The molecule has 0 bridgehead atoms. The Labute approximate surface area is 220 Å². The van der Waals surface area contributed by atoms with Gasteiger partial charge in [0.1, 0.15) is 12.6 Å². The summed E-state index contributed by atoms with van der Waals surface area (Å²) in [5.41, 5.74) is -0.402. The van der Waals surface area contributed by atoms with E-state index in [1.54, 1.807) is 39.0 Å². The summed E-state index contributed by atoms with van der Waals surface area (Å²) in [5, 5.41) is 14.6. The van der Waals surface area contributed by atoms with E-state index < -0.39 is 44.9 Å². The molecule has 10 nitrogen and oxygen atoms in total. The van der Waals surface area contributed by atoms with Gasteiger partial charge in [0.25, 0.3) is 5.69 Å². The van der Waals surface area contributed by atoms with Crippen LogP contribution in [0, 0.1) is 10.1 Å². The topological polar surface area (TPSA) is 130 Å². The van der Waals surface area contributed by atoms with E-state index in [-0.39, 0.29) is 22.9 Å². The van der Waals surface area contributed by atoms with E-state index in [0.29, 0.717) is 10.6 Å². The minimum atomic E-state index is -4.02. The minimum Gasteiger partial charge on any atom is -0.350 e. The second kappa shape index (κ2) is 11.4. The number of anilines is 1. The van der Waals surface area contributed by atoms with Crippen LogP contribution in [0.1, 0.15) is 33.3 Å². The minimum absolute atomic E-state index is 0.0543. The van der Waals surface area contributed by atoms with Gasteiger partial charge in [0.2, 0.25) is 21.8 Å². The van der Waals surface area contributed by atoms with Crippen LogP contribution in [0.25, 0.3) is 0 Å². The van der Waals surface area contributed by atoms with Crippen molar-refractivity contribution >= 4 is 56.4 Å². The molecule has 1 atom stereocenters. The van der Waals surface area contributed by atoms with Crippen molar-refractivity contribution in [2.45, 2.75) is 45.8 Å². The first-order chi connectivity index (χ1) is 16.5. The summed E-state index contributed by atoms with van der Waals surface area (Å²) >= 11 is 12.1. The van der Waals surface area contributed by atoms with Crippen LogP contribution >= 0.6 is 23.2 Å². The molecule has 2 amide bonds. The zero-order chi connectivity index (χ0) is 27.4. The zero-order valence-corrected chi connectivity index (χ0v) is 22.8. The molecule has 196 valence electrons. The van der Waals surface area contributed by atoms with E-state index in [1.165, 1.54) is 30.0 Å². The lowest BCUT2D eigenvalue weighted by molar-refractivity contribution is -0.384. The number of halogens is 2. The summed E-state index contributed by atoms with van der Waals surface area (Å²) < 4.78 is 25.9. The molecule has 2 rings (SSSR count). The van der Waals surface area contributed by atoms with Gasteiger partial charge in [-0.15, -0.1) is 0 Å². The summed E-state index contributed by atoms with van der Waals surface area (Å²) in [4.78, 5) is 38.2. The molecular weight excluding hydrogens is 531 g/mol. The largest absolute Gasteiger partial charge is 0.350 e. The number of amides is 2. The van der Waals surface area contributed by atoms with E-state index in [4.69, 9.17) is 23.2 Å². The van der Waals surface area contributed by atoms with Gasteiger partial charge in [-0.2, -0.15) is 0 Å². The van der Waals surface area contributed by atoms with Crippen LogP contribution in [-0.4, -0.2) is 54.4 Å². The summed E-state index contributed by atoms with van der Waals surface area (Å²) in [6.45, 7) is 6.13. The lowest BCUT2D eigenvalue weighted by atomic mass is 10.1. The number of non-ortho nitro benzene ring substituents is 1. The summed E-state index contributed by atoms with van der Waals surface area (Å²) in [6.07, 6.45) is 0.887. The average Bonchev–Trinajstić information content (AvgIpc) is 2.75. The molecule has 0 saturated heterocycles. The first-order valence-electron chi connectivity index (χ1n) is 10.8. The molecular formula is C23H28Cl2N4O6S. The number of carbonyl (C=O) groups is 2. The van der Waals surface area contributed by atoms with Crippen LogP contribution in [-0.2, 0) is 26.2 Å². The fraction of sp³-hybridized carbons (Fsp3) is 0.391. The summed E-state index contributed by atoms with van der Waals surface area (Å²) in [5.74, 6) is -1.15. The Morgan fingerprint density at radius 3 is 2.28 bits per heavy atom. The number of benzene rings is 2. The van der Waals surface area contributed by atoms with Crippen LogP contribution < -0.4 is 9.62 Å². The predicted molar refractivity (Wildman–Crippen MR) is 140 cm³/mol. The maximum Gasteiger partial charge on any atom is 0.271 e. The van der Waals surface area contributed by atoms with E-state index in [1.807, 2.05) is 0 Å². The van der Waals surface area contributed by atoms with Gasteiger partial charge >= 0.3 is 0 Å². The molecule has 0 unspecified atom stereocenters. The molecule has 1 N–H and O–H groups in total. The molecule has 2 aromatic carbocycles. The summed E-state index contributed by atoms with van der Waals surface area (Å²) in [6, 6.07) is 8.69. The van der Waals surface area contributed by atoms with Crippen LogP contribution in [0.15, 0.2) is 42.5 Å². The number of rotatable bonds is 9. The third kappa shape index (κ3) is 8.07. The quantitative estimate of drug-likeness (QED) is 0.365. The lowest BCUT2D eigenvalue weighted by Gasteiger charge is -2.33. The normalized spacial score (nSPS) is 12.5. The number of nitro benzene ring substituents is 1. The molecule has 0 fully saturated rings. The molecule has 0 heterocycles. The smallest absolute Gasteiger partial charge is 0.271 e. The third-order valence-electron chi connectivity index (χ3n) is 5.01. The third-order valence-corrected chi connectivity index (χ3v) is 6.89. The van der Waals surface area contributed by atoms with E-state index in [2.05, 4.69) is 5.32 Å². The number of nitrogens with zero attached hydrogens (tertiary/aromatic N) is 3. The number of sulfonamides is 1. The van der Waals surface area contributed by atoms with Crippen LogP contribution in [0.4, 0.5) is 11.4 Å². The monoisotopic (exact) mass is 558 g/mol. The van der Waals surface area contributed by atoms with Crippen molar-refractivity contribution in [3.05, 3.63) is 68.2 Å². The fourth-order valence-corrected chi connectivity index (χ4v) is 4.43. The van der Waals surface area contributed by atoms with Gasteiger partial charge in [-0.25, -0.2) is 8.42 Å². The van der Waals surface area contributed by atoms with Crippen LogP contribution in [0.2, 0.25) is 10.0 Å². The van der Waals surface area contributed by atoms with Crippen molar-refractivity contribution in [1.29, 1.82) is 0 Å². The Bertz CT molecular complexity index is 1260. The number of carbonyl (C=O) groups excluding carboxylic acids is 2. The van der Waals surface area contributed by atoms with Gasteiger partial charge in [0.15, 0.2) is 0 Å². The highest BCUT2D eigenvalue weighted by Crippen LogP contribution is 2.26. The van der Waals surface area contributed by atoms with Gasteiger partial charge in [0.05, 0.1) is 26.9 Å². The Hall–Kier alpha value is -2.89. The van der Waals surface area contributed by atoms with Crippen LogP contribution in [0.3, 0.4) is 0 Å². The maximum absolute atomic E-state index is 13.5. The molecule has 0 aliphatic rings. The highest BCUT2D eigenvalue weighted by molar-refractivity contribution is 7.92. The highest BCUT2D eigenvalue weighted by Gasteiger charge is 2.31. The number of hydrogen-bond acceptors (Lipinski definition) is 6. The molecule has 13 heteroatoms. The zero-order valence-electron chi connectivity index (χ0n) is 20.5. The van der Waals surface area contributed by atoms with Gasteiger partial charge in [-0.1, -0.05) is 35.3 Å². The lowest BCUT2D eigenvalue weighted by Crippen LogP contribution is -2.54. The molecule has 0 spiro atoms. The first kappa shape index (κ1) is 29.3. The Morgan fingerprint density at radius 1 is 1.11 bits per heavy atom. The van der Waals surface area contributed by atoms with Crippen molar-refractivity contribution in [3.63, 3.8) is 0 Å². The van der Waals surface area contributed by atoms with Crippen molar-refractivity contribution in [1.82, 2.24) is 10.2 Å². The van der Waals surface area contributed by atoms with E-state index in [9.17, 15) is 28.1 Å². The predicted octanol–water partition coefficient (Wildman–Crippen LogP) is 4.00. The van der Waals surface area contributed by atoms with Crippen molar-refractivity contribution in [2.24, 2.45) is 0 Å². The first-order valence-corrected chi connectivity index (χ1v) is 13.4. The van der Waals surface area contributed by atoms with Gasteiger partial charge in [-0.05, 0) is 51.5 Å². The van der Waals surface area contributed by atoms with Crippen molar-refractivity contribution in [2.75, 3.05) is 17.1 Å². The number of hydrogen-bond donors (Lipinski definition) is 1. The SMILES string of the molecule is C[C@@H](C(=O)NC(C)(C)C)N(Cc1ccc(Cl)c(Cl)c1)C(=O)CN(c1cccc([N+](=O)[O-])c1)S(C)(=O)=O. The van der Waals surface area contributed by atoms with Crippen molar-refractivity contribution < 1.29 is 22.9 Å². The highest BCUT2D eigenvalue weighted by atomic mass is 35.5. The van der Waals surface area contributed by atoms with E-state index >= 15 is 0 Å².